The predicted molar refractivity (Wildman–Crippen MR) is 74.5 cm³/mol. The number of hydrogen-bond donors (Lipinski definition) is 0. The fourth-order valence-electron chi connectivity index (χ4n) is 1.34. The third-order valence-electron chi connectivity index (χ3n) is 2.13. The molecular weight excluding hydrogens is 284 g/mol. The second-order valence-corrected chi connectivity index (χ2v) is 6.12. The first-order chi connectivity index (χ1) is 9.20. The Hall–Kier alpha value is -1.44. The number of carbonyl (C=O) groups excluding carboxylic acids is 1. The van der Waals surface area contributed by atoms with Crippen molar-refractivity contribution in [2.45, 2.75) is 11.3 Å². The zero-order valence-corrected chi connectivity index (χ0v) is 11.9. The average Bonchev–Trinajstić information content (AvgIpc) is 2.82. The number of carbonyl (C=O) groups is 1. The zero-order valence-electron chi connectivity index (χ0n) is 10.2. The van der Waals surface area contributed by atoms with Gasteiger partial charge in [-0.25, -0.2) is 9.78 Å². The minimum absolute atomic E-state index is 0.235. The molecule has 2 aromatic rings. The molecule has 0 N–H and O–H groups in total. The van der Waals surface area contributed by atoms with Gasteiger partial charge in [-0.3, -0.25) is 0 Å². The van der Waals surface area contributed by atoms with Crippen molar-refractivity contribution in [3.05, 3.63) is 30.5 Å². The van der Waals surface area contributed by atoms with E-state index >= 15 is 0 Å². The number of nitrogens with zero attached hydrogens (tertiary/aromatic N) is 2. The van der Waals surface area contributed by atoms with Crippen LogP contribution in [0.15, 0.2) is 34.8 Å². The van der Waals surface area contributed by atoms with Gasteiger partial charge in [-0.15, -0.1) is 0 Å². The molecule has 0 aromatic carbocycles. The number of aromatic nitrogens is 2. The summed E-state index contributed by atoms with van der Waals surface area (Å²) in [5.74, 6) is -0.191. The molecule has 0 amide bonds. The molecule has 1 atom stereocenters. The van der Waals surface area contributed by atoms with E-state index in [4.69, 9.17) is 4.74 Å². The molecule has 0 saturated heterocycles. The smallest absolute Gasteiger partial charge is 0.330 e. The number of ether oxygens (including phenoxy) is 1. The second kappa shape index (κ2) is 6.65. The lowest BCUT2D eigenvalue weighted by molar-refractivity contribution is -0.137. The third kappa shape index (κ3) is 3.76. The normalized spacial score (nSPS) is 12.9. The van der Waals surface area contributed by atoms with Crippen LogP contribution in [-0.2, 0) is 20.7 Å². The topological polar surface area (TPSA) is 75.1 Å². The van der Waals surface area contributed by atoms with E-state index in [0.29, 0.717) is 10.9 Å². The summed E-state index contributed by atoms with van der Waals surface area (Å²) < 4.78 is 17.2. The summed E-state index contributed by atoms with van der Waals surface area (Å²) in [6, 6.07) is 3.61. The molecular formula is C12H12N2O3S2. The van der Waals surface area contributed by atoms with Crippen molar-refractivity contribution >= 4 is 38.8 Å². The van der Waals surface area contributed by atoms with Gasteiger partial charge >= 0.3 is 10.3 Å². The SMILES string of the molecule is CCOC(=O)/C=C/C[S+]([O-])c1nc2cccnc2s1. The fourth-order valence-corrected chi connectivity index (χ4v) is 3.41. The number of pyridine rings is 1. The molecule has 0 radical (unpaired) electrons. The summed E-state index contributed by atoms with van der Waals surface area (Å²) in [5.41, 5.74) is 0.741. The lowest BCUT2D eigenvalue weighted by Crippen LogP contribution is -2.05. The molecule has 0 fully saturated rings. The number of fused-ring (bicyclic) bond motifs is 1. The zero-order chi connectivity index (χ0) is 13.7. The molecule has 2 rings (SSSR count). The Balaban J connectivity index is 1.99. The minimum atomic E-state index is -1.26. The lowest BCUT2D eigenvalue weighted by Gasteiger charge is -2.02. The van der Waals surface area contributed by atoms with E-state index in [-0.39, 0.29) is 5.75 Å². The van der Waals surface area contributed by atoms with Gasteiger partial charge in [0.05, 0.1) is 6.61 Å². The van der Waals surface area contributed by atoms with E-state index in [1.807, 2.05) is 6.07 Å². The van der Waals surface area contributed by atoms with Crippen molar-refractivity contribution in [3.63, 3.8) is 0 Å². The van der Waals surface area contributed by atoms with E-state index in [2.05, 4.69) is 9.97 Å². The highest BCUT2D eigenvalue weighted by Gasteiger charge is 2.16. The Morgan fingerprint density at radius 1 is 1.63 bits per heavy atom. The molecule has 2 heterocycles. The quantitative estimate of drug-likeness (QED) is 0.478. The van der Waals surface area contributed by atoms with Crippen molar-refractivity contribution < 1.29 is 14.1 Å². The highest BCUT2D eigenvalue weighted by Crippen LogP contribution is 2.23. The fraction of sp³-hybridized carbons (Fsp3) is 0.250. The maximum atomic E-state index is 12.0. The minimum Gasteiger partial charge on any atom is -0.609 e. The van der Waals surface area contributed by atoms with E-state index in [1.54, 1.807) is 19.2 Å². The van der Waals surface area contributed by atoms with Crippen LogP contribution in [0.4, 0.5) is 0 Å². The van der Waals surface area contributed by atoms with Crippen LogP contribution in [-0.4, -0.2) is 32.8 Å². The monoisotopic (exact) mass is 296 g/mol. The second-order valence-electron chi connectivity index (χ2n) is 3.47. The lowest BCUT2D eigenvalue weighted by atomic mass is 10.5. The van der Waals surface area contributed by atoms with Crippen LogP contribution in [0.25, 0.3) is 10.3 Å². The summed E-state index contributed by atoms with van der Waals surface area (Å²) >= 11 is 0.0384. The summed E-state index contributed by atoms with van der Waals surface area (Å²) in [6.07, 6.45) is 4.49. The molecule has 19 heavy (non-hydrogen) atoms. The van der Waals surface area contributed by atoms with Gasteiger partial charge in [0, 0.05) is 23.4 Å². The highest BCUT2D eigenvalue weighted by molar-refractivity contribution is 7.93. The molecule has 2 aromatic heterocycles. The highest BCUT2D eigenvalue weighted by atomic mass is 32.2. The third-order valence-corrected chi connectivity index (χ3v) is 4.69. The van der Waals surface area contributed by atoms with Crippen LogP contribution in [0.2, 0.25) is 0 Å². The van der Waals surface area contributed by atoms with Crippen LogP contribution < -0.4 is 0 Å². The van der Waals surface area contributed by atoms with Gasteiger partial charge in [-0.05, 0) is 36.5 Å². The molecule has 0 saturated carbocycles. The van der Waals surface area contributed by atoms with E-state index < -0.39 is 17.1 Å². The first kappa shape index (κ1) is 14.0. The maximum Gasteiger partial charge on any atom is 0.330 e. The van der Waals surface area contributed by atoms with Crippen molar-refractivity contribution in [1.29, 1.82) is 0 Å². The van der Waals surface area contributed by atoms with E-state index in [1.165, 1.54) is 23.5 Å². The molecule has 0 bridgehead atoms. The van der Waals surface area contributed by atoms with Gasteiger partial charge in [-0.2, -0.15) is 4.98 Å². The van der Waals surface area contributed by atoms with Gasteiger partial charge in [0.15, 0.2) is 0 Å². The van der Waals surface area contributed by atoms with Gasteiger partial charge in [-0.1, -0.05) is 0 Å². The van der Waals surface area contributed by atoms with Crippen LogP contribution >= 0.6 is 11.3 Å². The molecule has 0 aliphatic carbocycles. The number of thiazole rings is 1. The van der Waals surface area contributed by atoms with Crippen LogP contribution in [0.1, 0.15) is 6.92 Å². The molecule has 100 valence electrons. The molecule has 0 spiro atoms. The molecule has 7 heteroatoms. The van der Waals surface area contributed by atoms with E-state index in [0.717, 1.165) is 10.3 Å². The van der Waals surface area contributed by atoms with Crippen LogP contribution in [0.5, 0.6) is 0 Å². The number of hydrogen-bond acceptors (Lipinski definition) is 6. The Morgan fingerprint density at radius 2 is 2.47 bits per heavy atom. The average molecular weight is 296 g/mol. The van der Waals surface area contributed by atoms with Gasteiger partial charge in [0.1, 0.15) is 16.1 Å². The predicted octanol–water partition coefficient (Wildman–Crippen LogP) is 1.92. The largest absolute Gasteiger partial charge is 0.609 e. The van der Waals surface area contributed by atoms with Crippen LogP contribution in [0.3, 0.4) is 0 Å². The number of rotatable bonds is 5. The van der Waals surface area contributed by atoms with Gasteiger partial charge < -0.3 is 9.29 Å². The summed E-state index contributed by atoms with van der Waals surface area (Å²) in [7, 11) is 0. The van der Waals surface area contributed by atoms with Gasteiger partial charge in [0.25, 0.3) is 0 Å². The summed E-state index contributed by atoms with van der Waals surface area (Å²) in [5, 5.41) is 0. The van der Waals surface area contributed by atoms with Gasteiger partial charge in [0.2, 0.25) is 0 Å². The molecule has 5 nitrogen and oxygen atoms in total. The Morgan fingerprint density at radius 3 is 3.21 bits per heavy atom. The Labute approximate surface area is 117 Å². The Kier molecular flexibility index (Phi) is 4.89. The first-order valence-electron chi connectivity index (χ1n) is 5.64. The van der Waals surface area contributed by atoms with Crippen LogP contribution in [0, 0.1) is 0 Å². The summed E-state index contributed by atoms with van der Waals surface area (Å²) in [4.78, 5) is 20.2. The van der Waals surface area contributed by atoms with Crippen molar-refractivity contribution in [2.75, 3.05) is 12.4 Å². The summed E-state index contributed by atoms with van der Waals surface area (Å²) in [6.45, 7) is 2.06. The molecule has 0 aliphatic rings. The molecule has 1 unspecified atom stereocenters. The van der Waals surface area contributed by atoms with E-state index in [9.17, 15) is 9.35 Å². The van der Waals surface area contributed by atoms with Crippen molar-refractivity contribution in [2.24, 2.45) is 0 Å². The Bertz CT molecular complexity index is 564. The molecule has 0 aliphatic heterocycles. The number of esters is 1. The van der Waals surface area contributed by atoms with Crippen molar-refractivity contribution in [1.82, 2.24) is 9.97 Å². The maximum absolute atomic E-state index is 12.0. The first-order valence-corrected chi connectivity index (χ1v) is 7.77. The van der Waals surface area contributed by atoms with Crippen molar-refractivity contribution in [3.8, 4) is 0 Å². The standard InChI is InChI=1S/C12H12N2O3S2/c1-2-17-10(15)6-4-8-19(16)12-14-9-5-3-7-13-11(9)18-12/h3-7H,2,8H2,1H3/b6-4+.